The molecule has 5 rings (SSSR count). The minimum Gasteiger partial charge on any atom is -0.340 e. The zero-order valence-corrected chi connectivity index (χ0v) is 14.9. The maximum absolute atomic E-state index is 12.9. The van der Waals surface area contributed by atoms with Gasteiger partial charge in [0.25, 0.3) is 0 Å². The van der Waals surface area contributed by atoms with Crippen LogP contribution in [0, 0.1) is 11.8 Å². The summed E-state index contributed by atoms with van der Waals surface area (Å²) in [6.07, 6.45) is 7.58. The Kier molecular flexibility index (Phi) is 4.78. The van der Waals surface area contributed by atoms with Crippen molar-refractivity contribution < 1.29 is 9.59 Å². The van der Waals surface area contributed by atoms with Gasteiger partial charge in [0.2, 0.25) is 11.8 Å². The van der Waals surface area contributed by atoms with Gasteiger partial charge in [-0.3, -0.25) is 9.59 Å². The SMILES string of the molecule is O=C(CC1CCCC1)N1C[C@H]2CC[C@@H](C1)N(Cc1ccccc1)C2=O. The normalized spacial score (nSPS) is 27.0. The van der Waals surface area contributed by atoms with Crippen LogP contribution in [0.4, 0.5) is 0 Å². The Morgan fingerprint density at radius 1 is 1.00 bits per heavy atom. The Hall–Kier alpha value is -1.84. The summed E-state index contributed by atoms with van der Waals surface area (Å²) in [5.74, 6) is 1.09. The van der Waals surface area contributed by atoms with Gasteiger partial charge in [0.1, 0.15) is 0 Å². The van der Waals surface area contributed by atoms with E-state index < -0.39 is 0 Å². The van der Waals surface area contributed by atoms with Crippen LogP contribution in [0.3, 0.4) is 0 Å². The van der Waals surface area contributed by atoms with Crippen molar-refractivity contribution in [3.05, 3.63) is 35.9 Å². The van der Waals surface area contributed by atoms with Crippen molar-refractivity contribution in [2.24, 2.45) is 11.8 Å². The number of benzene rings is 1. The van der Waals surface area contributed by atoms with Gasteiger partial charge in [0.05, 0.1) is 5.92 Å². The van der Waals surface area contributed by atoms with Crippen LogP contribution in [0.5, 0.6) is 0 Å². The smallest absolute Gasteiger partial charge is 0.228 e. The van der Waals surface area contributed by atoms with Crippen LogP contribution in [0.25, 0.3) is 0 Å². The minimum atomic E-state index is -0.00464. The van der Waals surface area contributed by atoms with E-state index in [0.29, 0.717) is 25.4 Å². The molecule has 2 atom stereocenters. The number of piperidine rings is 1. The second kappa shape index (κ2) is 7.19. The third-order valence-corrected chi connectivity index (χ3v) is 6.28. The van der Waals surface area contributed by atoms with Gasteiger partial charge in [-0.2, -0.15) is 0 Å². The van der Waals surface area contributed by atoms with E-state index in [9.17, 15) is 9.59 Å². The second-order valence-corrected chi connectivity index (χ2v) is 8.03. The van der Waals surface area contributed by atoms with Crippen molar-refractivity contribution in [1.82, 2.24) is 9.80 Å². The number of carbonyl (C=O) groups is 2. The summed E-state index contributed by atoms with van der Waals surface area (Å²) in [6, 6.07) is 10.4. The Morgan fingerprint density at radius 2 is 1.76 bits per heavy atom. The highest BCUT2D eigenvalue weighted by Crippen LogP contribution is 2.32. The number of fused-ring (bicyclic) bond motifs is 4. The summed E-state index contributed by atoms with van der Waals surface area (Å²) in [7, 11) is 0. The number of amides is 2. The van der Waals surface area contributed by atoms with Crippen LogP contribution in [0.2, 0.25) is 0 Å². The van der Waals surface area contributed by atoms with Crippen molar-refractivity contribution in [2.75, 3.05) is 13.1 Å². The molecule has 3 heterocycles. The zero-order valence-electron chi connectivity index (χ0n) is 14.9. The van der Waals surface area contributed by atoms with Crippen LogP contribution in [0.1, 0.15) is 50.5 Å². The molecule has 3 saturated heterocycles. The van der Waals surface area contributed by atoms with Gasteiger partial charge >= 0.3 is 0 Å². The summed E-state index contributed by atoms with van der Waals surface area (Å²) in [6.45, 7) is 2.03. The van der Waals surface area contributed by atoms with E-state index in [0.717, 1.165) is 19.4 Å². The fraction of sp³-hybridized carbons (Fsp3) is 0.619. The van der Waals surface area contributed by atoms with Crippen molar-refractivity contribution in [2.45, 2.75) is 57.5 Å². The first kappa shape index (κ1) is 16.6. The molecule has 4 fully saturated rings. The highest BCUT2D eigenvalue weighted by atomic mass is 16.2. The van der Waals surface area contributed by atoms with Crippen LogP contribution in [-0.4, -0.2) is 40.7 Å². The molecule has 3 aliphatic heterocycles. The van der Waals surface area contributed by atoms with E-state index in [1.54, 1.807) is 0 Å². The molecule has 4 nitrogen and oxygen atoms in total. The molecule has 0 spiro atoms. The van der Waals surface area contributed by atoms with Gasteiger partial charge in [-0.15, -0.1) is 0 Å². The van der Waals surface area contributed by atoms with E-state index >= 15 is 0 Å². The molecule has 4 aliphatic rings. The third kappa shape index (κ3) is 3.58. The van der Waals surface area contributed by atoms with Gasteiger partial charge in [0.15, 0.2) is 0 Å². The van der Waals surface area contributed by atoms with Crippen LogP contribution >= 0.6 is 0 Å². The fourth-order valence-electron chi connectivity index (χ4n) is 4.82. The molecular formula is C21H28N2O2. The molecule has 0 radical (unpaired) electrons. The number of nitrogens with zero attached hydrogens (tertiary/aromatic N) is 2. The maximum atomic E-state index is 12.9. The molecule has 0 N–H and O–H groups in total. The minimum absolute atomic E-state index is 0.00464. The Bertz CT molecular complexity index is 624. The third-order valence-electron chi connectivity index (χ3n) is 6.28. The van der Waals surface area contributed by atoms with Gasteiger partial charge < -0.3 is 9.80 Å². The molecule has 2 bridgehead atoms. The first-order chi connectivity index (χ1) is 12.2. The van der Waals surface area contributed by atoms with Crippen molar-refractivity contribution in [3.8, 4) is 0 Å². The molecule has 0 aromatic heterocycles. The monoisotopic (exact) mass is 340 g/mol. The number of carbonyl (C=O) groups excluding carboxylic acids is 2. The Balaban J connectivity index is 1.45. The Morgan fingerprint density at radius 3 is 2.52 bits per heavy atom. The van der Waals surface area contributed by atoms with Crippen molar-refractivity contribution in [1.29, 1.82) is 0 Å². The maximum Gasteiger partial charge on any atom is 0.228 e. The molecule has 134 valence electrons. The lowest BCUT2D eigenvalue weighted by atomic mass is 9.93. The first-order valence-corrected chi connectivity index (χ1v) is 9.83. The standard InChI is InChI=1S/C21H28N2O2/c24-20(12-16-6-4-5-7-16)22-14-18-10-11-19(15-22)23(21(18)25)13-17-8-2-1-3-9-17/h1-3,8-9,16,18-19H,4-7,10-15H2/t18-,19+/m1/s1. The number of hydrogen-bond acceptors (Lipinski definition) is 2. The summed E-state index contributed by atoms with van der Waals surface area (Å²) in [4.78, 5) is 29.7. The van der Waals surface area contributed by atoms with Crippen LogP contribution in [0.15, 0.2) is 30.3 Å². The first-order valence-electron chi connectivity index (χ1n) is 9.83. The van der Waals surface area contributed by atoms with E-state index in [1.165, 1.54) is 31.2 Å². The van der Waals surface area contributed by atoms with E-state index in [4.69, 9.17) is 0 Å². The summed E-state index contributed by atoms with van der Waals surface area (Å²) < 4.78 is 0. The predicted octanol–water partition coefficient (Wildman–Crippen LogP) is 3.22. The zero-order chi connectivity index (χ0) is 17.2. The lowest BCUT2D eigenvalue weighted by Crippen LogP contribution is -2.47. The van der Waals surface area contributed by atoms with Gasteiger partial charge in [-0.25, -0.2) is 0 Å². The Labute approximate surface area is 150 Å². The molecule has 25 heavy (non-hydrogen) atoms. The average molecular weight is 340 g/mol. The summed E-state index contributed by atoms with van der Waals surface area (Å²) in [5.41, 5.74) is 1.17. The van der Waals surface area contributed by atoms with Gasteiger partial charge in [-0.05, 0) is 37.2 Å². The highest BCUT2D eigenvalue weighted by molar-refractivity contribution is 5.83. The summed E-state index contributed by atoms with van der Waals surface area (Å²) >= 11 is 0. The van der Waals surface area contributed by atoms with Crippen molar-refractivity contribution in [3.63, 3.8) is 0 Å². The van der Waals surface area contributed by atoms with Gasteiger partial charge in [0, 0.05) is 32.1 Å². The lowest BCUT2D eigenvalue weighted by molar-refractivity contribution is -0.140. The molecular weight excluding hydrogens is 312 g/mol. The van der Waals surface area contributed by atoms with E-state index in [-0.39, 0.29) is 23.8 Å². The topological polar surface area (TPSA) is 40.6 Å². The van der Waals surface area contributed by atoms with E-state index in [2.05, 4.69) is 12.1 Å². The summed E-state index contributed by atoms with van der Waals surface area (Å²) in [5, 5.41) is 0. The predicted molar refractivity (Wildman–Crippen MR) is 96.7 cm³/mol. The highest BCUT2D eigenvalue weighted by Gasteiger charge is 2.41. The molecule has 0 unspecified atom stereocenters. The van der Waals surface area contributed by atoms with Crippen LogP contribution in [-0.2, 0) is 16.1 Å². The number of hydrogen-bond donors (Lipinski definition) is 0. The van der Waals surface area contributed by atoms with E-state index in [1.807, 2.05) is 28.0 Å². The lowest BCUT2D eigenvalue weighted by Gasteiger charge is -2.36. The molecule has 2 amide bonds. The largest absolute Gasteiger partial charge is 0.340 e. The molecule has 1 aliphatic carbocycles. The molecule has 1 aromatic carbocycles. The van der Waals surface area contributed by atoms with Crippen molar-refractivity contribution >= 4 is 11.8 Å². The van der Waals surface area contributed by atoms with Crippen LogP contribution < -0.4 is 0 Å². The van der Waals surface area contributed by atoms with Gasteiger partial charge in [-0.1, -0.05) is 43.2 Å². The quantitative estimate of drug-likeness (QED) is 0.844. The molecule has 1 saturated carbocycles. The molecule has 4 heteroatoms. The second-order valence-electron chi connectivity index (χ2n) is 8.03. The molecule has 1 aromatic rings. The average Bonchev–Trinajstić information content (AvgIpc) is 2.98. The fourth-order valence-corrected chi connectivity index (χ4v) is 4.82. The number of rotatable bonds is 4.